The van der Waals surface area contributed by atoms with Crippen molar-refractivity contribution >= 4 is 22.3 Å². The molecule has 1 aliphatic carbocycles. The third kappa shape index (κ3) is 2.26. The van der Waals surface area contributed by atoms with E-state index in [-0.39, 0.29) is 17.2 Å². The van der Waals surface area contributed by atoms with E-state index in [2.05, 4.69) is 0 Å². The van der Waals surface area contributed by atoms with E-state index in [0.717, 1.165) is 22.5 Å². The highest BCUT2D eigenvalue weighted by atomic mass is 19.1. The van der Waals surface area contributed by atoms with Gasteiger partial charge in [0.1, 0.15) is 5.82 Å². The van der Waals surface area contributed by atoms with Crippen LogP contribution < -0.4 is 0 Å². The van der Waals surface area contributed by atoms with Crippen molar-refractivity contribution in [1.82, 2.24) is 4.57 Å². The van der Waals surface area contributed by atoms with Crippen LogP contribution in [0.4, 0.5) is 15.8 Å². The van der Waals surface area contributed by atoms with Crippen LogP contribution in [-0.4, -0.2) is 14.4 Å². The molecule has 0 N–H and O–H groups in total. The van der Waals surface area contributed by atoms with Crippen LogP contribution in [0.1, 0.15) is 17.5 Å². The summed E-state index contributed by atoms with van der Waals surface area (Å²) in [5, 5.41) is 23.6. The zero-order chi connectivity index (χ0) is 18.6. The van der Waals surface area contributed by atoms with Crippen LogP contribution in [0.25, 0.3) is 22.2 Å². The lowest BCUT2D eigenvalue weighted by Gasteiger charge is -2.10. The Hall–Kier alpha value is -3.29. The molecule has 0 amide bonds. The normalized spacial score (nSPS) is 13.2. The Morgan fingerprint density at radius 3 is 2.54 bits per heavy atom. The predicted octanol–water partition coefficient (Wildman–Crippen LogP) is 4.29. The van der Waals surface area contributed by atoms with Crippen molar-refractivity contribution in [3.63, 3.8) is 0 Å². The fourth-order valence-electron chi connectivity index (χ4n) is 3.91. The molecule has 0 radical (unpaired) electrons. The first-order chi connectivity index (χ1) is 12.4. The third-order valence-corrected chi connectivity index (χ3v) is 4.97. The van der Waals surface area contributed by atoms with Crippen molar-refractivity contribution in [1.29, 1.82) is 0 Å². The first kappa shape index (κ1) is 16.2. The molecule has 0 spiro atoms. The molecule has 3 aromatic rings. The maximum atomic E-state index is 13.8. The van der Waals surface area contributed by atoms with E-state index in [1.54, 1.807) is 13.1 Å². The number of aryl methyl sites for hydroxylation is 3. The van der Waals surface area contributed by atoms with Gasteiger partial charge in [-0.05, 0) is 48.6 Å². The summed E-state index contributed by atoms with van der Waals surface area (Å²) in [6, 6.07) is 6.86. The fraction of sp³-hybridized carbons (Fsp3) is 0.222. The van der Waals surface area contributed by atoms with Crippen LogP contribution in [0.15, 0.2) is 30.3 Å². The molecule has 1 aliphatic rings. The van der Waals surface area contributed by atoms with Gasteiger partial charge in [-0.1, -0.05) is 0 Å². The van der Waals surface area contributed by atoms with Crippen molar-refractivity contribution in [2.24, 2.45) is 7.05 Å². The number of hydrogen-bond acceptors (Lipinski definition) is 4. The fourth-order valence-corrected chi connectivity index (χ4v) is 3.91. The topological polar surface area (TPSA) is 91.2 Å². The largest absolute Gasteiger partial charge is 0.343 e. The number of halogens is 1. The zero-order valence-electron chi connectivity index (χ0n) is 13.9. The van der Waals surface area contributed by atoms with Gasteiger partial charge in [0.25, 0.3) is 11.4 Å². The number of nitro benzene ring substituents is 2. The highest BCUT2D eigenvalue weighted by Gasteiger charge is 2.31. The van der Waals surface area contributed by atoms with Crippen LogP contribution in [0, 0.1) is 26.0 Å². The molecule has 8 heteroatoms. The molecule has 0 atom stereocenters. The van der Waals surface area contributed by atoms with Crippen LogP contribution in [0.5, 0.6) is 0 Å². The van der Waals surface area contributed by atoms with Gasteiger partial charge in [-0.2, -0.15) is 0 Å². The minimum Gasteiger partial charge on any atom is -0.343 e. The standard InChI is InChI=1S/C18H14FN3O4/c1-20-15-6-5-11(19)8-14(15)13-4-2-3-10-7-12(21(23)24)9-16(22(25)26)17(10)18(13)20/h5-9H,2-4H2,1H3. The quantitative estimate of drug-likeness (QED) is 0.506. The van der Waals surface area contributed by atoms with E-state index < -0.39 is 9.85 Å². The van der Waals surface area contributed by atoms with Gasteiger partial charge in [-0.15, -0.1) is 0 Å². The van der Waals surface area contributed by atoms with Crippen molar-refractivity contribution in [2.75, 3.05) is 0 Å². The number of hydrogen-bond donors (Lipinski definition) is 0. The number of fused-ring (bicyclic) bond motifs is 5. The smallest absolute Gasteiger partial charge is 0.285 e. The summed E-state index contributed by atoms with van der Waals surface area (Å²) in [7, 11) is 1.78. The molecule has 0 unspecified atom stereocenters. The lowest BCUT2D eigenvalue weighted by molar-refractivity contribution is -0.393. The molecule has 0 aliphatic heterocycles. The molecule has 2 aromatic carbocycles. The predicted molar refractivity (Wildman–Crippen MR) is 93.6 cm³/mol. The number of nitro groups is 2. The Morgan fingerprint density at radius 1 is 1.08 bits per heavy atom. The number of non-ortho nitro benzene ring substituents is 1. The monoisotopic (exact) mass is 355 g/mol. The molecule has 26 heavy (non-hydrogen) atoms. The first-order valence-corrected chi connectivity index (χ1v) is 8.11. The van der Waals surface area contributed by atoms with Gasteiger partial charge in [-0.25, -0.2) is 4.39 Å². The second-order valence-corrected chi connectivity index (χ2v) is 6.41. The first-order valence-electron chi connectivity index (χ1n) is 8.11. The Bertz CT molecular complexity index is 1100. The van der Waals surface area contributed by atoms with E-state index in [4.69, 9.17) is 0 Å². The summed E-state index contributed by atoms with van der Waals surface area (Å²) < 4.78 is 15.6. The average molecular weight is 355 g/mol. The minimum atomic E-state index is -0.615. The Morgan fingerprint density at radius 2 is 1.85 bits per heavy atom. The molecule has 7 nitrogen and oxygen atoms in total. The van der Waals surface area contributed by atoms with E-state index in [9.17, 15) is 24.6 Å². The van der Waals surface area contributed by atoms with Gasteiger partial charge in [0.15, 0.2) is 0 Å². The number of rotatable bonds is 2. The van der Waals surface area contributed by atoms with E-state index in [1.165, 1.54) is 18.2 Å². The molecule has 0 saturated carbocycles. The number of nitrogens with zero attached hydrogens (tertiary/aromatic N) is 3. The van der Waals surface area contributed by atoms with Gasteiger partial charge < -0.3 is 4.57 Å². The van der Waals surface area contributed by atoms with E-state index in [0.29, 0.717) is 36.1 Å². The van der Waals surface area contributed by atoms with Crippen LogP contribution in [0.2, 0.25) is 0 Å². The highest BCUT2D eigenvalue weighted by Crippen LogP contribution is 2.44. The minimum absolute atomic E-state index is 0.288. The van der Waals surface area contributed by atoms with Gasteiger partial charge in [-0.3, -0.25) is 20.2 Å². The highest BCUT2D eigenvalue weighted by molar-refractivity contribution is 5.95. The third-order valence-electron chi connectivity index (χ3n) is 4.97. The summed E-state index contributed by atoms with van der Waals surface area (Å²) in [6.45, 7) is 0. The van der Waals surface area contributed by atoms with Crippen LogP contribution >= 0.6 is 0 Å². The summed E-state index contributed by atoms with van der Waals surface area (Å²) >= 11 is 0. The van der Waals surface area contributed by atoms with Crippen molar-refractivity contribution in [2.45, 2.75) is 19.3 Å². The lowest BCUT2D eigenvalue weighted by atomic mass is 9.98. The maximum Gasteiger partial charge on any atom is 0.285 e. The van der Waals surface area contributed by atoms with Gasteiger partial charge in [0, 0.05) is 24.0 Å². The molecular weight excluding hydrogens is 341 g/mol. The van der Waals surface area contributed by atoms with Gasteiger partial charge >= 0.3 is 0 Å². The number of benzene rings is 2. The summed E-state index contributed by atoms with van der Waals surface area (Å²) in [5.74, 6) is -0.367. The molecule has 1 aromatic heterocycles. The summed E-state index contributed by atoms with van der Waals surface area (Å²) in [4.78, 5) is 21.6. The van der Waals surface area contributed by atoms with Crippen molar-refractivity contribution in [3.05, 3.63) is 67.5 Å². The lowest BCUT2D eigenvalue weighted by Crippen LogP contribution is -2.02. The SMILES string of the molecule is Cn1c2c(c3cc(F)ccc31)CCCc1cc([N+](=O)[O-])cc([N+](=O)[O-])c1-2. The average Bonchev–Trinajstić information content (AvgIpc) is 2.75. The molecule has 4 rings (SSSR count). The van der Waals surface area contributed by atoms with Gasteiger partial charge in [0.05, 0.1) is 27.2 Å². The van der Waals surface area contributed by atoms with Crippen molar-refractivity contribution in [3.8, 4) is 11.3 Å². The Kier molecular flexibility index (Phi) is 3.50. The Labute approximate surface area is 147 Å². The summed E-state index contributed by atoms with van der Waals surface area (Å²) in [5.41, 5.74) is 2.66. The van der Waals surface area contributed by atoms with Crippen molar-refractivity contribution < 1.29 is 14.2 Å². The second-order valence-electron chi connectivity index (χ2n) is 6.41. The maximum absolute atomic E-state index is 13.8. The molecule has 0 saturated heterocycles. The van der Waals surface area contributed by atoms with Crippen LogP contribution in [-0.2, 0) is 19.9 Å². The second kappa shape index (κ2) is 5.62. The molecule has 0 fully saturated rings. The molecule has 1 heterocycles. The number of aromatic nitrogens is 1. The molecule has 0 bridgehead atoms. The van der Waals surface area contributed by atoms with Crippen LogP contribution in [0.3, 0.4) is 0 Å². The zero-order valence-corrected chi connectivity index (χ0v) is 13.9. The van der Waals surface area contributed by atoms with Gasteiger partial charge in [0.2, 0.25) is 0 Å². The molecular formula is C18H14FN3O4. The van der Waals surface area contributed by atoms with E-state index >= 15 is 0 Å². The summed E-state index contributed by atoms with van der Waals surface area (Å²) in [6.07, 6.45) is 1.78. The van der Waals surface area contributed by atoms with E-state index in [1.807, 2.05) is 4.57 Å². The molecule has 132 valence electrons. The Balaban J connectivity index is 2.14.